The lowest BCUT2D eigenvalue weighted by atomic mass is 10.4. The Labute approximate surface area is 47.9 Å². The van der Waals surface area contributed by atoms with Crippen LogP contribution in [0.4, 0.5) is 0 Å². The van der Waals surface area contributed by atoms with Gasteiger partial charge in [0.05, 0.1) is 0 Å². The maximum atomic E-state index is 3.44. The van der Waals surface area contributed by atoms with E-state index < -0.39 is 0 Å². The monoisotopic (exact) mass is 164 g/mol. The minimum atomic E-state index is 1.31. The van der Waals surface area contributed by atoms with Crippen LogP contribution in [0.3, 0.4) is 0 Å². The Morgan fingerprint density at radius 1 is 1.67 bits per heavy atom. The molecule has 0 radical (unpaired) electrons. The summed E-state index contributed by atoms with van der Waals surface area (Å²) in [6, 6.07) is 0. The molecule has 0 aromatic rings. The first-order chi connectivity index (χ1) is 2.89. The summed E-state index contributed by atoms with van der Waals surface area (Å²) in [4.78, 5) is 0. The summed E-state index contributed by atoms with van der Waals surface area (Å²) in [5.41, 5.74) is 0. The summed E-state index contributed by atoms with van der Waals surface area (Å²) in [6.07, 6.45) is 4.07. The van der Waals surface area contributed by atoms with E-state index >= 15 is 0 Å². The molecule has 34 valence electrons. The van der Waals surface area contributed by atoms with Crippen LogP contribution in [-0.2, 0) is 0 Å². The lowest BCUT2D eigenvalue weighted by molar-refractivity contribution is 1.05. The van der Waals surface area contributed by atoms with Gasteiger partial charge in [-0.05, 0) is 19.0 Å². The molecule has 0 fully saturated rings. The summed E-state index contributed by atoms with van der Waals surface area (Å²) >= 11 is 3.44. The largest absolute Gasteiger partial charge is 0.0934 e. The zero-order valence-corrected chi connectivity index (χ0v) is 5.93. The van der Waals surface area contributed by atoms with Gasteiger partial charge in [0.25, 0.3) is 0 Å². The van der Waals surface area contributed by atoms with E-state index in [-0.39, 0.29) is 0 Å². The minimum Gasteiger partial charge on any atom is -0.0934 e. The van der Waals surface area contributed by atoms with Crippen molar-refractivity contribution in [1.29, 1.82) is 0 Å². The van der Waals surface area contributed by atoms with Gasteiger partial charge in [-0.2, -0.15) is 0 Å². The van der Waals surface area contributed by atoms with Crippen molar-refractivity contribution in [2.75, 3.05) is 6.16 Å². The Hall–Kier alpha value is 0.650. The van der Waals surface area contributed by atoms with E-state index in [0.29, 0.717) is 0 Å². The Morgan fingerprint density at radius 3 is 2.67 bits per heavy atom. The molecular weight excluding hydrogens is 159 g/mol. The van der Waals surface area contributed by atoms with Crippen molar-refractivity contribution in [2.24, 2.45) is 0 Å². The van der Waals surface area contributed by atoms with Crippen LogP contribution in [0.15, 0.2) is 0 Å². The zero-order chi connectivity index (χ0) is 4.41. The summed E-state index contributed by atoms with van der Waals surface area (Å²) in [6.45, 7) is 0. The predicted molar refractivity (Wildman–Crippen MR) is 35.0 cm³/mol. The molecule has 6 heavy (non-hydrogen) atoms. The van der Waals surface area contributed by atoms with Crippen molar-refractivity contribution in [1.82, 2.24) is 0 Å². The highest BCUT2D eigenvalue weighted by Crippen LogP contribution is 2.19. The lowest BCUT2D eigenvalue weighted by Gasteiger charge is -1.76. The van der Waals surface area contributed by atoms with Gasteiger partial charge in [-0.15, -0.1) is 0 Å². The fourth-order valence-corrected chi connectivity index (χ4v) is 2.19. The van der Waals surface area contributed by atoms with Gasteiger partial charge >= 0.3 is 0 Å². The second-order valence-electron chi connectivity index (χ2n) is 1.36. The van der Waals surface area contributed by atoms with Gasteiger partial charge in [-0.25, -0.2) is 0 Å². The van der Waals surface area contributed by atoms with E-state index in [9.17, 15) is 0 Å². The zero-order valence-electron chi connectivity index (χ0n) is 3.45. The lowest BCUT2D eigenvalue weighted by Crippen LogP contribution is -1.70. The van der Waals surface area contributed by atoms with E-state index in [0.717, 1.165) is 0 Å². The standard InChI is InChI=1S/C4H6BrP/c5-4-2-1-3-6-4/h1-3H2. The molecule has 1 rings (SSSR count). The van der Waals surface area contributed by atoms with Crippen molar-refractivity contribution in [2.45, 2.75) is 12.8 Å². The average Bonchev–Trinajstić information content (AvgIpc) is 1.86. The van der Waals surface area contributed by atoms with Crippen LogP contribution in [0.5, 0.6) is 0 Å². The highest BCUT2D eigenvalue weighted by Gasteiger charge is 1.97. The Balaban J connectivity index is 2.45. The smallest absolute Gasteiger partial charge is 0.0181 e. The first-order valence-corrected chi connectivity index (χ1v) is 3.96. The Kier molecular flexibility index (Phi) is 1.67. The van der Waals surface area contributed by atoms with Crippen LogP contribution >= 0.6 is 24.1 Å². The molecule has 0 spiro atoms. The predicted octanol–water partition coefficient (Wildman–Crippen LogP) is 2.25. The number of hydrogen-bond acceptors (Lipinski definition) is 0. The Morgan fingerprint density at radius 2 is 2.50 bits per heavy atom. The van der Waals surface area contributed by atoms with Gasteiger partial charge in [0.2, 0.25) is 0 Å². The average molecular weight is 165 g/mol. The van der Waals surface area contributed by atoms with Crippen LogP contribution in [0.25, 0.3) is 0 Å². The number of hydrogen-bond donors (Lipinski definition) is 0. The molecule has 0 aromatic heterocycles. The van der Waals surface area contributed by atoms with Gasteiger partial charge in [0, 0.05) is 4.20 Å². The fraction of sp³-hybridized carbons (Fsp3) is 0.750. The second-order valence-corrected chi connectivity index (χ2v) is 4.23. The summed E-state index contributed by atoms with van der Waals surface area (Å²) in [5.74, 6) is 0. The van der Waals surface area contributed by atoms with E-state index in [2.05, 4.69) is 15.9 Å². The molecule has 0 saturated heterocycles. The van der Waals surface area contributed by atoms with Crippen molar-refractivity contribution in [3.63, 3.8) is 0 Å². The third kappa shape index (κ3) is 1.06. The third-order valence-electron chi connectivity index (χ3n) is 0.825. The van der Waals surface area contributed by atoms with E-state index in [1.807, 2.05) is 0 Å². The first-order valence-electron chi connectivity index (χ1n) is 2.08. The van der Waals surface area contributed by atoms with Gasteiger partial charge in [-0.3, -0.25) is 0 Å². The molecule has 2 heteroatoms. The summed E-state index contributed by atoms with van der Waals surface area (Å²) < 4.78 is 1.49. The molecule has 1 aliphatic rings. The van der Waals surface area contributed by atoms with Gasteiger partial charge in [0.15, 0.2) is 0 Å². The quantitative estimate of drug-likeness (QED) is 0.483. The van der Waals surface area contributed by atoms with Crippen molar-refractivity contribution >= 4 is 28.3 Å². The topological polar surface area (TPSA) is 0 Å². The molecular formula is C4H6BrP. The fourth-order valence-electron chi connectivity index (χ4n) is 0.504. The molecule has 0 atom stereocenters. The molecule has 0 saturated carbocycles. The van der Waals surface area contributed by atoms with Crippen molar-refractivity contribution in [3.05, 3.63) is 0 Å². The van der Waals surface area contributed by atoms with Crippen LogP contribution in [0.2, 0.25) is 0 Å². The highest BCUT2D eigenvalue weighted by molar-refractivity contribution is 9.19. The van der Waals surface area contributed by atoms with Crippen molar-refractivity contribution < 1.29 is 0 Å². The molecule has 0 aliphatic carbocycles. The maximum Gasteiger partial charge on any atom is 0.0181 e. The number of halogens is 1. The molecule has 0 aromatic carbocycles. The van der Waals surface area contributed by atoms with Crippen LogP contribution < -0.4 is 0 Å². The normalized spacial score (nSPS) is 23.8. The van der Waals surface area contributed by atoms with E-state index in [1.165, 1.54) is 31.4 Å². The van der Waals surface area contributed by atoms with Crippen molar-refractivity contribution in [3.8, 4) is 0 Å². The summed E-state index contributed by atoms with van der Waals surface area (Å²) in [7, 11) is 1.52. The molecule has 1 heterocycles. The minimum absolute atomic E-state index is 1.31. The van der Waals surface area contributed by atoms with Gasteiger partial charge < -0.3 is 0 Å². The van der Waals surface area contributed by atoms with Gasteiger partial charge in [-0.1, -0.05) is 24.1 Å². The Bertz CT molecular complexity index is 77.6. The molecule has 0 amide bonds. The highest BCUT2D eigenvalue weighted by atomic mass is 79.9. The third-order valence-corrected chi connectivity index (χ3v) is 3.08. The maximum absolute atomic E-state index is 3.44. The molecule has 1 aliphatic heterocycles. The van der Waals surface area contributed by atoms with Gasteiger partial charge in [0.1, 0.15) is 0 Å². The van der Waals surface area contributed by atoms with E-state index in [4.69, 9.17) is 0 Å². The van der Waals surface area contributed by atoms with Crippen LogP contribution in [0, 0.1) is 0 Å². The van der Waals surface area contributed by atoms with Crippen LogP contribution in [-0.4, -0.2) is 10.4 Å². The molecule has 0 N–H and O–H groups in total. The number of rotatable bonds is 0. The molecule has 0 nitrogen and oxygen atoms in total. The second kappa shape index (κ2) is 2.09. The summed E-state index contributed by atoms with van der Waals surface area (Å²) in [5, 5.41) is 0. The SMILES string of the molecule is BrC1=PCCC1. The molecule has 0 bridgehead atoms. The molecule has 0 unspecified atom stereocenters. The first kappa shape index (κ1) is 4.80. The van der Waals surface area contributed by atoms with Crippen LogP contribution in [0.1, 0.15) is 12.8 Å². The van der Waals surface area contributed by atoms with E-state index in [1.54, 1.807) is 0 Å².